The first-order chi connectivity index (χ1) is 7.67. The van der Waals surface area contributed by atoms with Crippen molar-refractivity contribution in [1.29, 1.82) is 5.26 Å². The molecule has 0 radical (unpaired) electrons. The number of aromatic amines is 1. The van der Waals surface area contributed by atoms with Crippen molar-refractivity contribution in [3.63, 3.8) is 0 Å². The Labute approximate surface area is 92.1 Å². The maximum atomic E-state index is 11.5. The third-order valence-electron chi connectivity index (χ3n) is 2.54. The van der Waals surface area contributed by atoms with E-state index in [1.165, 1.54) is 0 Å². The lowest BCUT2D eigenvalue weighted by Gasteiger charge is -2.07. The summed E-state index contributed by atoms with van der Waals surface area (Å²) >= 11 is 0. The van der Waals surface area contributed by atoms with E-state index in [0.717, 1.165) is 10.9 Å². The fraction of sp³-hybridized carbons (Fsp3) is 0.167. The molecule has 0 aliphatic carbocycles. The molecule has 16 heavy (non-hydrogen) atoms. The smallest absolute Gasteiger partial charge is 0.266 e. The molecule has 4 heteroatoms. The van der Waals surface area contributed by atoms with Gasteiger partial charge in [0.2, 0.25) is 0 Å². The number of pyridine rings is 1. The second kappa shape index (κ2) is 3.70. The lowest BCUT2D eigenvalue weighted by Crippen LogP contribution is -2.10. The lowest BCUT2D eigenvalue weighted by atomic mass is 10.1. The van der Waals surface area contributed by atoms with Gasteiger partial charge in [-0.3, -0.25) is 4.79 Å². The van der Waals surface area contributed by atoms with Gasteiger partial charge in [0, 0.05) is 5.39 Å². The number of benzene rings is 1. The minimum atomic E-state index is -0.390. The van der Waals surface area contributed by atoms with Crippen molar-refractivity contribution in [3.05, 3.63) is 39.7 Å². The van der Waals surface area contributed by atoms with Crippen LogP contribution in [0.3, 0.4) is 0 Å². The van der Waals surface area contributed by atoms with E-state index >= 15 is 0 Å². The summed E-state index contributed by atoms with van der Waals surface area (Å²) in [6.45, 7) is 1.92. The maximum Gasteiger partial charge on any atom is 0.266 e. The van der Waals surface area contributed by atoms with Crippen LogP contribution in [-0.4, -0.2) is 12.1 Å². The molecule has 1 heterocycles. The molecule has 4 nitrogen and oxygen atoms in total. The van der Waals surface area contributed by atoms with Crippen LogP contribution in [0, 0.1) is 18.3 Å². The molecule has 80 valence electrons. The summed E-state index contributed by atoms with van der Waals surface area (Å²) < 4.78 is 5.16. The molecule has 0 bridgehead atoms. The van der Waals surface area contributed by atoms with E-state index in [4.69, 9.17) is 10.00 Å². The minimum Gasteiger partial charge on any atom is -0.495 e. The van der Waals surface area contributed by atoms with Crippen LogP contribution < -0.4 is 10.3 Å². The summed E-state index contributed by atoms with van der Waals surface area (Å²) in [7, 11) is 1.54. The van der Waals surface area contributed by atoms with Gasteiger partial charge in [-0.2, -0.15) is 5.26 Å². The number of nitrogens with one attached hydrogen (secondary N) is 1. The molecule has 0 atom stereocenters. The number of ether oxygens (including phenoxy) is 1. The second-order valence-corrected chi connectivity index (χ2v) is 3.50. The number of nitrogens with zero attached hydrogens (tertiary/aromatic N) is 1. The monoisotopic (exact) mass is 214 g/mol. The maximum absolute atomic E-state index is 11.5. The van der Waals surface area contributed by atoms with E-state index in [2.05, 4.69) is 4.98 Å². The Balaban J connectivity index is 2.95. The largest absolute Gasteiger partial charge is 0.495 e. The highest BCUT2D eigenvalue weighted by Gasteiger charge is 2.08. The number of fused-ring (bicyclic) bond motifs is 1. The standard InChI is InChI=1S/C12H10N2O2/c1-7-3-4-10(16-2)11-9(7)5-8(6-13)12(15)14-11/h3-5H,1-2H3,(H,14,15). The quantitative estimate of drug-likeness (QED) is 0.785. The molecule has 0 unspecified atom stereocenters. The Morgan fingerprint density at radius 1 is 1.44 bits per heavy atom. The van der Waals surface area contributed by atoms with Crippen LogP contribution in [0.25, 0.3) is 10.9 Å². The van der Waals surface area contributed by atoms with Gasteiger partial charge < -0.3 is 9.72 Å². The van der Waals surface area contributed by atoms with Crippen LogP contribution in [0.5, 0.6) is 5.75 Å². The molecule has 0 spiro atoms. The fourth-order valence-electron chi connectivity index (χ4n) is 1.66. The lowest BCUT2D eigenvalue weighted by molar-refractivity contribution is 0.418. The zero-order valence-corrected chi connectivity index (χ0v) is 9.00. The second-order valence-electron chi connectivity index (χ2n) is 3.50. The Bertz CT molecular complexity index is 650. The van der Waals surface area contributed by atoms with E-state index in [-0.39, 0.29) is 11.1 Å². The SMILES string of the molecule is COc1ccc(C)c2cc(C#N)c(=O)[nH]c12. The normalized spacial score (nSPS) is 10.1. The van der Waals surface area contributed by atoms with Crippen molar-refractivity contribution < 1.29 is 4.74 Å². The molecule has 2 rings (SSSR count). The van der Waals surface area contributed by atoms with Crippen molar-refractivity contribution in [1.82, 2.24) is 4.98 Å². The molecular formula is C12H10N2O2. The minimum absolute atomic E-state index is 0.115. The van der Waals surface area contributed by atoms with Crippen molar-refractivity contribution in [2.45, 2.75) is 6.92 Å². The molecule has 2 aromatic rings. The van der Waals surface area contributed by atoms with Crippen LogP contribution in [0.1, 0.15) is 11.1 Å². The first-order valence-electron chi connectivity index (χ1n) is 4.78. The highest BCUT2D eigenvalue weighted by Crippen LogP contribution is 2.25. The van der Waals surface area contributed by atoms with Gasteiger partial charge in [-0.15, -0.1) is 0 Å². The van der Waals surface area contributed by atoms with Gasteiger partial charge in [-0.1, -0.05) is 6.07 Å². The van der Waals surface area contributed by atoms with Crippen molar-refractivity contribution in [2.75, 3.05) is 7.11 Å². The molecule has 1 aromatic carbocycles. The number of hydrogen-bond acceptors (Lipinski definition) is 3. The van der Waals surface area contributed by atoms with Crippen molar-refractivity contribution >= 4 is 10.9 Å². The Morgan fingerprint density at radius 3 is 2.81 bits per heavy atom. The summed E-state index contributed by atoms with van der Waals surface area (Å²) in [6.07, 6.45) is 0. The van der Waals surface area contributed by atoms with Gasteiger partial charge in [0.15, 0.2) is 0 Å². The zero-order chi connectivity index (χ0) is 11.7. The summed E-state index contributed by atoms with van der Waals surface area (Å²) in [4.78, 5) is 14.2. The van der Waals surface area contributed by atoms with Crippen LogP contribution in [0.2, 0.25) is 0 Å². The Kier molecular flexibility index (Phi) is 2.37. The van der Waals surface area contributed by atoms with E-state index < -0.39 is 0 Å². The Morgan fingerprint density at radius 2 is 2.19 bits per heavy atom. The van der Waals surface area contributed by atoms with Gasteiger partial charge >= 0.3 is 0 Å². The predicted octanol–water partition coefficient (Wildman–Crippen LogP) is 1.72. The number of rotatable bonds is 1. The molecule has 1 N–H and O–H groups in total. The average molecular weight is 214 g/mol. The molecule has 0 aliphatic rings. The van der Waals surface area contributed by atoms with E-state index in [1.54, 1.807) is 19.2 Å². The number of hydrogen-bond donors (Lipinski definition) is 1. The van der Waals surface area contributed by atoms with Gasteiger partial charge in [0.25, 0.3) is 5.56 Å². The highest BCUT2D eigenvalue weighted by atomic mass is 16.5. The van der Waals surface area contributed by atoms with Gasteiger partial charge in [-0.05, 0) is 24.6 Å². The van der Waals surface area contributed by atoms with Crippen LogP contribution in [-0.2, 0) is 0 Å². The third kappa shape index (κ3) is 1.43. The summed E-state index contributed by atoms with van der Waals surface area (Å²) in [5.41, 5.74) is 1.35. The van der Waals surface area contributed by atoms with Gasteiger partial charge in [0.1, 0.15) is 17.4 Å². The first kappa shape index (κ1) is 10.2. The zero-order valence-electron chi connectivity index (χ0n) is 9.00. The number of aryl methyl sites for hydroxylation is 1. The topological polar surface area (TPSA) is 65.9 Å². The number of nitriles is 1. The number of methoxy groups -OCH3 is 1. The van der Waals surface area contributed by atoms with E-state index in [0.29, 0.717) is 11.3 Å². The number of H-pyrrole nitrogens is 1. The molecule has 1 aromatic heterocycles. The first-order valence-corrected chi connectivity index (χ1v) is 4.78. The summed E-state index contributed by atoms with van der Waals surface area (Å²) in [6, 6.07) is 7.14. The van der Waals surface area contributed by atoms with Gasteiger partial charge in [-0.25, -0.2) is 0 Å². The number of aromatic nitrogens is 1. The average Bonchev–Trinajstić information content (AvgIpc) is 2.29. The molecule has 0 fully saturated rings. The van der Waals surface area contributed by atoms with Crippen LogP contribution >= 0.6 is 0 Å². The molecule has 0 aliphatic heterocycles. The molecule has 0 saturated heterocycles. The third-order valence-corrected chi connectivity index (χ3v) is 2.54. The molecule has 0 amide bonds. The van der Waals surface area contributed by atoms with Crippen molar-refractivity contribution in [3.8, 4) is 11.8 Å². The fourth-order valence-corrected chi connectivity index (χ4v) is 1.66. The molecular weight excluding hydrogens is 204 g/mol. The van der Waals surface area contributed by atoms with Crippen LogP contribution in [0.4, 0.5) is 0 Å². The molecule has 0 saturated carbocycles. The predicted molar refractivity (Wildman–Crippen MR) is 60.6 cm³/mol. The summed E-state index contributed by atoms with van der Waals surface area (Å²) in [5, 5.41) is 9.62. The van der Waals surface area contributed by atoms with Crippen molar-refractivity contribution in [2.24, 2.45) is 0 Å². The van der Waals surface area contributed by atoms with E-state index in [1.807, 2.05) is 19.1 Å². The van der Waals surface area contributed by atoms with Crippen LogP contribution in [0.15, 0.2) is 23.0 Å². The van der Waals surface area contributed by atoms with Gasteiger partial charge in [0.05, 0.1) is 12.6 Å². The Hall–Kier alpha value is -2.28. The van der Waals surface area contributed by atoms with E-state index in [9.17, 15) is 4.79 Å². The summed E-state index contributed by atoms with van der Waals surface area (Å²) in [5.74, 6) is 0.599. The highest BCUT2D eigenvalue weighted by molar-refractivity contribution is 5.88.